The van der Waals surface area contributed by atoms with Gasteiger partial charge in [-0.1, -0.05) is 60.7 Å². The summed E-state index contributed by atoms with van der Waals surface area (Å²) in [5, 5.41) is 6.71. The van der Waals surface area contributed by atoms with Crippen molar-refractivity contribution in [2.45, 2.75) is 6.54 Å². The number of fused-ring (bicyclic) bond motifs is 1. The molecule has 1 N–H and O–H groups in total. The second-order valence-electron chi connectivity index (χ2n) is 7.94. The number of aromatic nitrogens is 5. The van der Waals surface area contributed by atoms with Gasteiger partial charge in [0.25, 0.3) is 5.56 Å². The number of nitrogens with zero attached hydrogens (tertiary/aromatic N) is 6. The average Bonchev–Trinajstić information content (AvgIpc) is 3.41. The summed E-state index contributed by atoms with van der Waals surface area (Å²) >= 11 is 1.51. The van der Waals surface area contributed by atoms with Crippen LogP contribution in [-0.2, 0) is 27.7 Å². The van der Waals surface area contributed by atoms with Crippen molar-refractivity contribution < 1.29 is 0 Å². The van der Waals surface area contributed by atoms with E-state index in [-0.39, 0.29) is 0 Å². The summed E-state index contributed by atoms with van der Waals surface area (Å²) in [5.74, 6) is 0.370. The quantitative estimate of drug-likeness (QED) is 0.397. The predicted octanol–water partition coefficient (Wildman–Crippen LogP) is 2.48. The molecule has 172 valence electrons. The first-order valence-corrected chi connectivity index (χ1v) is 11.5. The lowest BCUT2D eigenvalue weighted by Crippen LogP contribution is -2.37. The van der Waals surface area contributed by atoms with Crippen LogP contribution in [0, 0.1) is 0 Å². The number of aryl methyl sites for hydroxylation is 2. The van der Waals surface area contributed by atoms with Crippen LogP contribution in [0.2, 0.25) is 0 Å². The molecule has 0 aliphatic rings. The summed E-state index contributed by atoms with van der Waals surface area (Å²) in [4.78, 5) is 30.2. The average molecular weight is 474 g/mol. The van der Waals surface area contributed by atoms with Gasteiger partial charge in [-0.2, -0.15) is 4.98 Å². The van der Waals surface area contributed by atoms with Gasteiger partial charge in [0.1, 0.15) is 0 Å². The Morgan fingerprint density at radius 1 is 0.912 bits per heavy atom. The Morgan fingerprint density at radius 3 is 2.29 bits per heavy atom. The van der Waals surface area contributed by atoms with Gasteiger partial charge in [-0.25, -0.2) is 10.2 Å². The van der Waals surface area contributed by atoms with Crippen molar-refractivity contribution in [1.29, 1.82) is 0 Å². The van der Waals surface area contributed by atoms with Crippen molar-refractivity contribution >= 4 is 28.4 Å². The van der Waals surface area contributed by atoms with Crippen molar-refractivity contribution in [2.75, 3.05) is 5.43 Å². The summed E-state index contributed by atoms with van der Waals surface area (Å²) < 4.78 is 6.19. The Labute approximate surface area is 198 Å². The number of benzene rings is 2. The van der Waals surface area contributed by atoms with Crippen LogP contribution >= 0.6 is 11.3 Å². The van der Waals surface area contributed by atoms with Crippen LogP contribution in [0.5, 0.6) is 0 Å². The first kappa shape index (κ1) is 21.7. The van der Waals surface area contributed by atoms with E-state index in [0.29, 0.717) is 23.7 Å². The van der Waals surface area contributed by atoms with E-state index < -0.39 is 11.2 Å². The van der Waals surface area contributed by atoms with Crippen LogP contribution in [0.4, 0.5) is 5.95 Å². The molecule has 3 heterocycles. The number of hydrogen-bond acceptors (Lipinski definition) is 6. The topological polar surface area (TPSA) is 91.1 Å². The van der Waals surface area contributed by atoms with Gasteiger partial charge in [-0.05, 0) is 11.1 Å². The molecule has 0 bridgehead atoms. The molecule has 34 heavy (non-hydrogen) atoms. The zero-order valence-electron chi connectivity index (χ0n) is 19.0. The number of anilines is 1. The van der Waals surface area contributed by atoms with Crippen molar-refractivity contribution in [3.8, 4) is 11.3 Å². The summed E-state index contributed by atoms with van der Waals surface area (Å²) in [6, 6.07) is 20.4. The van der Waals surface area contributed by atoms with E-state index in [0.717, 1.165) is 26.2 Å². The number of imidazole rings is 1. The molecule has 0 aliphatic carbocycles. The molecule has 2 aromatic carbocycles. The first-order chi connectivity index (χ1) is 16.5. The zero-order valence-corrected chi connectivity index (χ0v) is 19.8. The molecule has 10 heteroatoms. The summed E-state index contributed by atoms with van der Waals surface area (Å²) in [6.45, 7) is 0.646. The van der Waals surface area contributed by atoms with Gasteiger partial charge < -0.3 is 9.13 Å². The molecule has 0 unspecified atom stereocenters. The highest BCUT2D eigenvalue weighted by Crippen LogP contribution is 2.21. The molecule has 0 saturated heterocycles. The van der Waals surface area contributed by atoms with Crippen LogP contribution in [0.3, 0.4) is 0 Å². The van der Waals surface area contributed by atoms with Crippen molar-refractivity contribution in [3.63, 3.8) is 0 Å². The molecule has 3 aromatic heterocycles. The second kappa shape index (κ2) is 8.64. The van der Waals surface area contributed by atoms with Gasteiger partial charge in [0.2, 0.25) is 10.7 Å². The van der Waals surface area contributed by atoms with E-state index in [9.17, 15) is 9.59 Å². The van der Waals surface area contributed by atoms with Gasteiger partial charge in [-0.3, -0.25) is 13.9 Å². The van der Waals surface area contributed by atoms with Crippen LogP contribution in [0.1, 0.15) is 5.56 Å². The van der Waals surface area contributed by atoms with Crippen LogP contribution in [0.25, 0.3) is 22.4 Å². The minimum absolute atomic E-state index is 0.307. The van der Waals surface area contributed by atoms with E-state index in [2.05, 4.69) is 49.7 Å². The highest BCUT2D eigenvalue weighted by molar-refractivity contribution is 7.07. The first-order valence-electron chi connectivity index (χ1n) is 10.7. The molecule has 0 spiro atoms. The highest BCUT2D eigenvalue weighted by atomic mass is 32.1. The summed E-state index contributed by atoms with van der Waals surface area (Å²) in [5.41, 5.74) is 6.12. The monoisotopic (exact) mass is 473 g/mol. The number of rotatable bonds is 5. The van der Waals surface area contributed by atoms with E-state index >= 15 is 0 Å². The smallest absolute Gasteiger partial charge is 0.311 e. The van der Waals surface area contributed by atoms with Crippen molar-refractivity contribution in [2.24, 2.45) is 26.2 Å². The molecule has 0 fully saturated rings. The van der Waals surface area contributed by atoms with Crippen LogP contribution in [0.15, 0.2) is 80.7 Å². The standard InChI is InChI=1S/C24H23N7O2S/c1-28-19-20(29(2)24(33)30(3)21(19)32)25-22(28)26-27-23-31(14-16-10-6-4-7-11-16)18(15-34-23)17-12-8-5-9-13-17/h4-13,15H,14H2,1-3H3,(H,25,26)/b27-23-. The fourth-order valence-electron chi connectivity index (χ4n) is 3.89. The van der Waals surface area contributed by atoms with Crippen molar-refractivity contribution in [1.82, 2.24) is 23.3 Å². The van der Waals surface area contributed by atoms with Crippen molar-refractivity contribution in [3.05, 3.63) is 97.2 Å². The lowest BCUT2D eigenvalue weighted by atomic mass is 10.1. The third-order valence-electron chi connectivity index (χ3n) is 5.78. The Hall–Kier alpha value is -4.18. The maximum Gasteiger partial charge on any atom is 0.332 e. The highest BCUT2D eigenvalue weighted by Gasteiger charge is 2.17. The van der Waals surface area contributed by atoms with E-state index in [1.807, 2.05) is 36.4 Å². The van der Waals surface area contributed by atoms with Crippen LogP contribution in [-0.4, -0.2) is 23.3 Å². The molecule has 0 amide bonds. The fourth-order valence-corrected chi connectivity index (χ4v) is 4.76. The third-order valence-corrected chi connectivity index (χ3v) is 6.64. The van der Waals surface area contributed by atoms with E-state index in [1.165, 1.54) is 23.0 Å². The molecule has 0 atom stereocenters. The molecular formula is C24H23N7O2S. The SMILES string of the molecule is Cn1c(=O)c2c(nc(N/N=c3\scc(-c4ccccc4)n3Cc3ccccc3)n2C)n(C)c1=O. The molecule has 0 radical (unpaired) electrons. The number of hydrogen-bond donors (Lipinski definition) is 1. The molecule has 0 aliphatic heterocycles. The molecule has 9 nitrogen and oxygen atoms in total. The Kier molecular flexibility index (Phi) is 5.50. The lowest BCUT2D eigenvalue weighted by Gasteiger charge is -2.09. The molecule has 5 aromatic rings. The fraction of sp³-hybridized carbons (Fsp3) is 0.167. The van der Waals surface area contributed by atoms with Gasteiger partial charge >= 0.3 is 5.69 Å². The zero-order chi connectivity index (χ0) is 23.8. The van der Waals surface area contributed by atoms with E-state index in [4.69, 9.17) is 0 Å². The normalized spacial score (nSPS) is 11.9. The van der Waals surface area contributed by atoms with Gasteiger partial charge in [0.05, 0.1) is 12.2 Å². The maximum absolute atomic E-state index is 12.7. The Balaban J connectivity index is 1.61. The predicted molar refractivity (Wildman–Crippen MR) is 134 cm³/mol. The van der Waals surface area contributed by atoms with Gasteiger partial charge in [0, 0.05) is 26.5 Å². The largest absolute Gasteiger partial charge is 0.332 e. The molecule has 0 saturated carbocycles. The summed E-state index contributed by atoms with van der Waals surface area (Å²) in [7, 11) is 4.77. The van der Waals surface area contributed by atoms with Gasteiger partial charge in [-0.15, -0.1) is 16.4 Å². The Morgan fingerprint density at radius 2 is 1.59 bits per heavy atom. The minimum Gasteiger partial charge on any atom is -0.311 e. The number of nitrogens with one attached hydrogen (secondary N) is 1. The Bertz CT molecular complexity index is 1670. The maximum atomic E-state index is 12.7. The number of thiazole rings is 1. The third kappa shape index (κ3) is 3.67. The molecular weight excluding hydrogens is 450 g/mol. The van der Waals surface area contributed by atoms with Gasteiger partial charge in [0.15, 0.2) is 11.2 Å². The van der Waals surface area contributed by atoms with Crippen LogP contribution < -0.4 is 21.5 Å². The van der Waals surface area contributed by atoms with E-state index in [1.54, 1.807) is 18.7 Å². The molecule has 5 rings (SSSR count). The lowest BCUT2D eigenvalue weighted by molar-refractivity contribution is 0.705. The summed E-state index contributed by atoms with van der Waals surface area (Å²) in [6.07, 6.45) is 0. The second-order valence-corrected chi connectivity index (χ2v) is 8.77. The minimum atomic E-state index is -0.425.